The smallest absolute Gasteiger partial charge is 0.298 e. The minimum atomic E-state index is -0.0507. The van der Waals surface area contributed by atoms with Crippen molar-refractivity contribution in [2.75, 3.05) is 0 Å². The number of carbonyl (C=O) groups is 2. The van der Waals surface area contributed by atoms with Gasteiger partial charge in [-0.15, -0.1) is 22.7 Å². The predicted octanol–water partition coefficient (Wildman–Crippen LogP) is 6.77. The molecule has 0 unspecified atom stereocenters. The molecule has 2 aromatic heterocycles. The van der Waals surface area contributed by atoms with Crippen molar-refractivity contribution >= 4 is 45.0 Å². The highest BCUT2D eigenvalue weighted by atomic mass is 32.1. The minimum Gasteiger partial charge on any atom is -0.508 e. The highest BCUT2D eigenvalue weighted by Gasteiger charge is 2.21. The summed E-state index contributed by atoms with van der Waals surface area (Å²) in [4.78, 5) is 25.6. The zero-order valence-electron chi connectivity index (χ0n) is 16.6. The summed E-state index contributed by atoms with van der Waals surface area (Å²) in [6.07, 6.45) is 0. The Labute approximate surface area is 192 Å². The Morgan fingerprint density at radius 1 is 0.906 bits per heavy atom. The van der Waals surface area contributed by atoms with Gasteiger partial charge in [0.15, 0.2) is 0 Å². The van der Waals surface area contributed by atoms with E-state index < -0.39 is 0 Å². The lowest BCUT2D eigenvalue weighted by Gasteiger charge is -2.07. The predicted molar refractivity (Wildman–Crippen MR) is 129 cm³/mol. The van der Waals surface area contributed by atoms with Crippen LogP contribution in [-0.4, -0.2) is 17.4 Å². The van der Waals surface area contributed by atoms with E-state index in [2.05, 4.69) is 0 Å². The van der Waals surface area contributed by atoms with Crippen LogP contribution >= 0.6 is 22.7 Å². The standard InChI is InChI=1S/C26H16O4S2/c27-15-30-21-12-13-31-25(21)18-8-6-16(7-9-18)23-20-11-10-19(28)14-22(20)32-26(23)24(29)17-4-2-1-3-5-17/h1-15,28H. The molecular formula is C26H16O4S2. The summed E-state index contributed by atoms with van der Waals surface area (Å²) in [6, 6.07) is 24.0. The molecule has 0 amide bonds. The second-order valence-electron chi connectivity index (χ2n) is 7.09. The van der Waals surface area contributed by atoms with Gasteiger partial charge in [-0.05, 0) is 40.8 Å². The van der Waals surface area contributed by atoms with Crippen molar-refractivity contribution in [2.45, 2.75) is 0 Å². The first-order valence-corrected chi connectivity index (χ1v) is 11.5. The van der Waals surface area contributed by atoms with E-state index in [1.165, 1.54) is 22.7 Å². The van der Waals surface area contributed by atoms with Crippen molar-refractivity contribution in [3.8, 4) is 33.1 Å². The fourth-order valence-electron chi connectivity index (χ4n) is 3.69. The van der Waals surface area contributed by atoms with Gasteiger partial charge in [0.25, 0.3) is 6.47 Å². The molecule has 0 bridgehead atoms. The second-order valence-corrected chi connectivity index (χ2v) is 9.06. The first kappa shape index (κ1) is 20.2. The highest BCUT2D eigenvalue weighted by molar-refractivity contribution is 7.21. The molecule has 0 saturated carbocycles. The Hall–Kier alpha value is -3.74. The molecule has 5 rings (SSSR count). The zero-order valence-corrected chi connectivity index (χ0v) is 18.3. The van der Waals surface area contributed by atoms with E-state index in [1.807, 2.05) is 66.0 Å². The summed E-state index contributed by atoms with van der Waals surface area (Å²) in [5.41, 5.74) is 3.30. The van der Waals surface area contributed by atoms with Gasteiger partial charge in [0.1, 0.15) is 11.5 Å². The van der Waals surface area contributed by atoms with Crippen molar-refractivity contribution in [3.63, 3.8) is 0 Å². The van der Waals surface area contributed by atoms with Crippen LogP contribution in [0.2, 0.25) is 0 Å². The highest BCUT2D eigenvalue weighted by Crippen LogP contribution is 2.42. The van der Waals surface area contributed by atoms with Gasteiger partial charge in [0, 0.05) is 21.2 Å². The number of fused-ring (bicyclic) bond motifs is 1. The lowest BCUT2D eigenvalue weighted by Crippen LogP contribution is -2.00. The molecule has 0 atom stereocenters. The van der Waals surface area contributed by atoms with E-state index in [9.17, 15) is 14.7 Å². The molecule has 0 saturated heterocycles. The molecular weight excluding hydrogens is 440 g/mol. The van der Waals surface area contributed by atoms with Gasteiger partial charge >= 0.3 is 0 Å². The van der Waals surface area contributed by atoms with Crippen molar-refractivity contribution in [3.05, 3.63) is 94.7 Å². The first-order chi connectivity index (χ1) is 15.7. The molecule has 0 aliphatic heterocycles. The zero-order chi connectivity index (χ0) is 22.1. The maximum absolute atomic E-state index is 13.4. The number of ketones is 1. The molecule has 3 aromatic carbocycles. The monoisotopic (exact) mass is 456 g/mol. The molecule has 4 nitrogen and oxygen atoms in total. The summed E-state index contributed by atoms with van der Waals surface area (Å²) in [6.45, 7) is 0.425. The number of phenols is 1. The topological polar surface area (TPSA) is 63.6 Å². The first-order valence-electron chi connectivity index (χ1n) is 9.79. The van der Waals surface area contributed by atoms with Gasteiger partial charge in [-0.2, -0.15) is 0 Å². The minimum absolute atomic E-state index is 0.0507. The molecule has 5 aromatic rings. The number of thiophene rings is 2. The Balaban J connectivity index is 1.64. The van der Waals surface area contributed by atoms with Crippen LogP contribution in [0.15, 0.2) is 84.2 Å². The summed E-state index contributed by atoms with van der Waals surface area (Å²) in [5.74, 6) is 0.638. The number of ether oxygens (including phenoxy) is 1. The number of carbonyl (C=O) groups excluding carboxylic acids is 2. The molecule has 32 heavy (non-hydrogen) atoms. The second kappa shape index (κ2) is 8.42. The third-order valence-corrected chi connectivity index (χ3v) is 7.25. The fraction of sp³-hybridized carbons (Fsp3) is 0. The molecule has 6 heteroatoms. The van der Waals surface area contributed by atoms with Crippen LogP contribution in [0.3, 0.4) is 0 Å². The molecule has 2 heterocycles. The molecule has 156 valence electrons. The molecule has 0 fully saturated rings. The van der Waals surface area contributed by atoms with Crippen molar-refractivity contribution < 1.29 is 19.4 Å². The third-order valence-electron chi connectivity index (χ3n) is 5.16. The average Bonchev–Trinajstić information content (AvgIpc) is 3.44. The average molecular weight is 457 g/mol. The summed E-state index contributed by atoms with van der Waals surface area (Å²) in [5, 5.41) is 12.7. The van der Waals surface area contributed by atoms with Crippen LogP contribution in [0.25, 0.3) is 31.7 Å². The third kappa shape index (κ3) is 3.60. The van der Waals surface area contributed by atoms with Crippen LogP contribution in [0.1, 0.15) is 15.2 Å². The Bertz CT molecular complexity index is 1430. The number of rotatable bonds is 6. The van der Waals surface area contributed by atoms with Gasteiger partial charge < -0.3 is 9.84 Å². The van der Waals surface area contributed by atoms with E-state index in [0.717, 1.165) is 31.7 Å². The maximum atomic E-state index is 13.4. The normalized spacial score (nSPS) is 10.9. The van der Waals surface area contributed by atoms with Crippen molar-refractivity contribution in [1.82, 2.24) is 0 Å². The number of hydrogen-bond acceptors (Lipinski definition) is 6. The summed E-state index contributed by atoms with van der Waals surface area (Å²) in [7, 11) is 0. The summed E-state index contributed by atoms with van der Waals surface area (Å²) < 4.78 is 5.92. The van der Waals surface area contributed by atoms with Crippen molar-refractivity contribution in [2.24, 2.45) is 0 Å². The Kier molecular flexibility index (Phi) is 5.31. The largest absolute Gasteiger partial charge is 0.508 e. The van der Waals surface area contributed by atoms with Crippen LogP contribution in [0, 0.1) is 0 Å². The molecule has 0 radical (unpaired) electrons. The van der Waals surface area contributed by atoms with Gasteiger partial charge in [-0.3, -0.25) is 9.59 Å². The van der Waals surface area contributed by atoms with E-state index in [4.69, 9.17) is 4.74 Å². The van der Waals surface area contributed by atoms with Gasteiger partial charge in [0.05, 0.1) is 9.75 Å². The van der Waals surface area contributed by atoms with E-state index in [-0.39, 0.29) is 11.5 Å². The number of aromatic hydroxyl groups is 1. The van der Waals surface area contributed by atoms with E-state index in [1.54, 1.807) is 18.2 Å². The molecule has 0 aliphatic carbocycles. The molecule has 0 spiro atoms. The molecule has 0 aliphatic rings. The summed E-state index contributed by atoms with van der Waals surface area (Å²) >= 11 is 2.87. The van der Waals surface area contributed by atoms with Crippen LogP contribution in [0.4, 0.5) is 0 Å². The van der Waals surface area contributed by atoms with Crippen LogP contribution < -0.4 is 4.74 Å². The quantitative estimate of drug-likeness (QED) is 0.226. The van der Waals surface area contributed by atoms with Gasteiger partial charge in [0.2, 0.25) is 5.78 Å². The molecule has 1 N–H and O–H groups in total. The maximum Gasteiger partial charge on any atom is 0.298 e. The number of hydrogen-bond donors (Lipinski definition) is 1. The van der Waals surface area contributed by atoms with Crippen LogP contribution in [0.5, 0.6) is 11.5 Å². The van der Waals surface area contributed by atoms with Crippen LogP contribution in [-0.2, 0) is 4.79 Å². The Morgan fingerprint density at radius 2 is 1.66 bits per heavy atom. The lowest BCUT2D eigenvalue weighted by molar-refractivity contribution is -0.120. The number of benzene rings is 3. The van der Waals surface area contributed by atoms with E-state index >= 15 is 0 Å². The van der Waals surface area contributed by atoms with Gasteiger partial charge in [-0.25, -0.2) is 0 Å². The SMILES string of the molecule is O=COc1ccsc1-c1ccc(-c2c(C(=O)c3ccccc3)sc3cc(O)ccc23)cc1. The lowest BCUT2D eigenvalue weighted by atomic mass is 9.97. The fourth-order valence-corrected chi connectivity index (χ4v) is 5.75. The van der Waals surface area contributed by atoms with Crippen molar-refractivity contribution in [1.29, 1.82) is 0 Å². The van der Waals surface area contributed by atoms with Gasteiger partial charge in [-0.1, -0.05) is 54.6 Å². The Morgan fingerprint density at radius 3 is 2.41 bits per heavy atom. The number of phenolic OH excluding ortho intramolecular Hbond substituents is 1. The van der Waals surface area contributed by atoms with E-state index in [0.29, 0.717) is 22.7 Å².